The summed E-state index contributed by atoms with van der Waals surface area (Å²) in [6.45, 7) is 5.10. The first-order valence-corrected chi connectivity index (χ1v) is 9.92. The maximum absolute atomic E-state index is 12.6. The second kappa shape index (κ2) is 8.13. The largest absolute Gasteiger partial charge is 0.353 e. The van der Waals surface area contributed by atoms with Crippen LogP contribution in [0.15, 0.2) is 36.5 Å². The van der Waals surface area contributed by atoms with Gasteiger partial charge in [0.2, 0.25) is 11.9 Å². The summed E-state index contributed by atoms with van der Waals surface area (Å²) in [7, 11) is 0. The van der Waals surface area contributed by atoms with Crippen LogP contribution in [0.5, 0.6) is 0 Å². The number of benzene rings is 1. The van der Waals surface area contributed by atoms with Gasteiger partial charge >= 0.3 is 0 Å². The molecule has 0 N–H and O–H groups in total. The second-order valence-electron chi connectivity index (χ2n) is 7.08. The predicted molar refractivity (Wildman–Crippen MR) is 107 cm³/mol. The molecule has 1 amide bonds. The van der Waals surface area contributed by atoms with E-state index in [1.54, 1.807) is 0 Å². The minimum absolute atomic E-state index is 0.164. The van der Waals surface area contributed by atoms with Crippen molar-refractivity contribution in [2.24, 2.45) is 0 Å². The molecule has 4 rings (SSSR count). The van der Waals surface area contributed by atoms with Crippen LogP contribution in [0.3, 0.4) is 0 Å². The number of hydrogen-bond acceptors (Lipinski definition) is 5. The van der Waals surface area contributed by atoms with Crippen molar-refractivity contribution in [3.05, 3.63) is 47.1 Å². The normalized spacial score (nSPS) is 17.4. The minimum atomic E-state index is 0.164. The Morgan fingerprint density at radius 3 is 2.33 bits per heavy atom. The summed E-state index contributed by atoms with van der Waals surface area (Å²) in [5.74, 6) is 1.94. The van der Waals surface area contributed by atoms with Crippen LogP contribution in [0.1, 0.15) is 18.4 Å². The molecule has 3 heterocycles. The Bertz CT molecular complexity index is 783. The van der Waals surface area contributed by atoms with Crippen LogP contribution in [0.25, 0.3) is 0 Å². The molecule has 0 radical (unpaired) electrons. The minimum Gasteiger partial charge on any atom is -0.353 e. The number of rotatable bonds is 4. The summed E-state index contributed by atoms with van der Waals surface area (Å²) < 4.78 is 0. The lowest BCUT2D eigenvalue weighted by Gasteiger charge is -2.35. The number of amides is 1. The molecule has 2 aliphatic heterocycles. The van der Waals surface area contributed by atoms with Crippen LogP contribution in [-0.2, 0) is 11.2 Å². The number of piperazine rings is 1. The van der Waals surface area contributed by atoms with Crippen molar-refractivity contribution >= 4 is 29.3 Å². The summed E-state index contributed by atoms with van der Waals surface area (Å²) in [6, 6.07) is 9.45. The molecule has 1 aromatic carbocycles. The van der Waals surface area contributed by atoms with Crippen LogP contribution >= 0.6 is 11.6 Å². The third-order valence-corrected chi connectivity index (χ3v) is 5.49. The van der Waals surface area contributed by atoms with E-state index in [1.807, 2.05) is 41.4 Å². The summed E-state index contributed by atoms with van der Waals surface area (Å²) in [5, 5.41) is 0.693. The van der Waals surface area contributed by atoms with Crippen molar-refractivity contribution in [2.45, 2.75) is 19.3 Å². The van der Waals surface area contributed by atoms with Gasteiger partial charge in [0.05, 0.1) is 6.42 Å². The van der Waals surface area contributed by atoms with E-state index in [2.05, 4.69) is 14.8 Å². The third kappa shape index (κ3) is 4.33. The van der Waals surface area contributed by atoms with E-state index in [9.17, 15) is 4.79 Å². The number of hydrogen-bond donors (Lipinski definition) is 0. The Balaban J connectivity index is 1.34. The molecular formula is C20H24ClN5O. The smallest absolute Gasteiger partial charge is 0.227 e. The average molecular weight is 386 g/mol. The van der Waals surface area contributed by atoms with E-state index in [4.69, 9.17) is 16.6 Å². The summed E-state index contributed by atoms with van der Waals surface area (Å²) in [5.41, 5.74) is 0.998. The van der Waals surface area contributed by atoms with Gasteiger partial charge in [0, 0.05) is 50.5 Å². The van der Waals surface area contributed by atoms with Crippen molar-refractivity contribution in [1.82, 2.24) is 14.9 Å². The predicted octanol–water partition coefficient (Wildman–Crippen LogP) is 2.62. The van der Waals surface area contributed by atoms with Crippen molar-refractivity contribution in [3.8, 4) is 0 Å². The lowest BCUT2D eigenvalue weighted by atomic mass is 10.1. The topological polar surface area (TPSA) is 52.6 Å². The monoisotopic (exact) mass is 385 g/mol. The summed E-state index contributed by atoms with van der Waals surface area (Å²) in [4.78, 5) is 28.2. The summed E-state index contributed by atoms with van der Waals surface area (Å²) >= 11 is 5.91. The maximum atomic E-state index is 12.6. The number of aromatic nitrogens is 2. The molecule has 2 fully saturated rings. The van der Waals surface area contributed by atoms with Gasteiger partial charge in [0.1, 0.15) is 5.82 Å². The van der Waals surface area contributed by atoms with Crippen molar-refractivity contribution in [1.29, 1.82) is 0 Å². The molecule has 0 saturated carbocycles. The first-order chi connectivity index (χ1) is 13.2. The zero-order chi connectivity index (χ0) is 18.6. The molecule has 0 unspecified atom stereocenters. The van der Waals surface area contributed by atoms with Gasteiger partial charge in [0.15, 0.2) is 0 Å². The number of nitrogens with zero attached hydrogens (tertiary/aromatic N) is 5. The van der Waals surface area contributed by atoms with E-state index < -0.39 is 0 Å². The molecule has 0 atom stereocenters. The van der Waals surface area contributed by atoms with Gasteiger partial charge in [-0.2, -0.15) is 4.98 Å². The van der Waals surface area contributed by atoms with Gasteiger partial charge < -0.3 is 14.7 Å². The fourth-order valence-corrected chi connectivity index (χ4v) is 3.78. The molecule has 2 saturated heterocycles. The molecule has 1 aromatic heterocycles. The highest BCUT2D eigenvalue weighted by Gasteiger charge is 2.23. The zero-order valence-corrected chi connectivity index (χ0v) is 16.1. The lowest BCUT2D eigenvalue weighted by Crippen LogP contribution is -2.49. The molecular weight excluding hydrogens is 362 g/mol. The highest BCUT2D eigenvalue weighted by atomic mass is 35.5. The van der Waals surface area contributed by atoms with Gasteiger partial charge in [-0.1, -0.05) is 23.7 Å². The van der Waals surface area contributed by atoms with Gasteiger partial charge in [-0.05, 0) is 36.6 Å². The van der Waals surface area contributed by atoms with E-state index in [0.29, 0.717) is 11.4 Å². The number of anilines is 2. The van der Waals surface area contributed by atoms with E-state index in [1.165, 1.54) is 12.8 Å². The van der Waals surface area contributed by atoms with Gasteiger partial charge in [0.25, 0.3) is 0 Å². The second-order valence-corrected chi connectivity index (χ2v) is 7.52. The standard InChI is InChI=1S/C20H24ClN5O/c21-17-5-3-16(4-6-17)15-19(27)25-13-11-24(12-14-25)18-7-8-22-20(23-18)26-9-1-2-10-26/h3-8H,1-2,9-15H2. The first kappa shape index (κ1) is 18.0. The Morgan fingerprint density at radius 1 is 0.926 bits per heavy atom. The van der Waals surface area contributed by atoms with Crippen LogP contribution < -0.4 is 9.80 Å². The van der Waals surface area contributed by atoms with Crippen LogP contribution in [0, 0.1) is 0 Å². The molecule has 7 heteroatoms. The molecule has 2 aromatic rings. The van der Waals surface area contributed by atoms with Crippen molar-refractivity contribution in [2.75, 3.05) is 49.1 Å². The number of halogens is 1. The van der Waals surface area contributed by atoms with Crippen LogP contribution in [0.2, 0.25) is 5.02 Å². The number of carbonyl (C=O) groups excluding carboxylic acids is 1. The van der Waals surface area contributed by atoms with E-state index in [0.717, 1.165) is 56.6 Å². The Labute approximate surface area is 164 Å². The average Bonchev–Trinajstić information content (AvgIpc) is 3.25. The highest BCUT2D eigenvalue weighted by molar-refractivity contribution is 6.30. The van der Waals surface area contributed by atoms with Gasteiger partial charge in [-0.3, -0.25) is 4.79 Å². The van der Waals surface area contributed by atoms with Crippen molar-refractivity contribution < 1.29 is 4.79 Å². The van der Waals surface area contributed by atoms with E-state index in [-0.39, 0.29) is 5.91 Å². The fourth-order valence-electron chi connectivity index (χ4n) is 3.66. The third-order valence-electron chi connectivity index (χ3n) is 5.24. The molecule has 0 aliphatic carbocycles. The van der Waals surface area contributed by atoms with Gasteiger partial charge in [-0.25, -0.2) is 4.98 Å². The Kier molecular flexibility index (Phi) is 5.43. The molecule has 2 aliphatic rings. The molecule has 6 nitrogen and oxygen atoms in total. The van der Waals surface area contributed by atoms with Gasteiger partial charge in [-0.15, -0.1) is 0 Å². The highest BCUT2D eigenvalue weighted by Crippen LogP contribution is 2.20. The lowest BCUT2D eigenvalue weighted by molar-refractivity contribution is -0.130. The molecule has 27 heavy (non-hydrogen) atoms. The number of carbonyl (C=O) groups is 1. The molecule has 0 bridgehead atoms. The van der Waals surface area contributed by atoms with Crippen LogP contribution in [0.4, 0.5) is 11.8 Å². The quantitative estimate of drug-likeness (QED) is 0.809. The Morgan fingerprint density at radius 2 is 1.63 bits per heavy atom. The first-order valence-electron chi connectivity index (χ1n) is 9.54. The van der Waals surface area contributed by atoms with E-state index >= 15 is 0 Å². The van der Waals surface area contributed by atoms with Crippen LogP contribution in [-0.4, -0.2) is 60.0 Å². The molecule has 142 valence electrons. The SMILES string of the molecule is O=C(Cc1ccc(Cl)cc1)N1CCN(c2ccnc(N3CCCC3)n2)CC1. The zero-order valence-electron chi connectivity index (χ0n) is 15.4. The maximum Gasteiger partial charge on any atom is 0.227 e. The molecule has 0 spiro atoms. The van der Waals surface area contributed by atoms with Crippen molar-refractivity contribution in [3.63, 3.8) is 0 Å². The summed E-state index contributed by atoms with van der Waals surface area (Å²) in [6.07, 6.45) is 4.68. The Hall–Kier alpha value is -2.34. The fraction of sp³-hybridized carbons (Fsp3) is 0.450.